The maximum Gasteiger partial charge on any atom is 0.119 e. The van der Waals surface area contributed by atoms with Gasteiger partial charge in [-0.05, 0) is 191 Å². The zero-order chi connectivity index (χ0) is 56.2. The Kier molecular flexibility index (Phi) is 25.6. The minimum atomic E-state index is 0.697. The van der Waals surface area contributed by atoms with E-state index in [9.17, 15) is 0 Å². The smallest absolute Gasteiger partial charge is 0.119 e. The molecular formula is C75H75N3O3. The second-order valence-corrected chi connectivity index (χ2v) is 19.1. The molecule has 0 unspecified atom stereocenters. The van der Waals surface area contributed by atoms with Crippen LogP contribution < -0.4 is 28.9 Å². The molecule has 0 radical (unpaired) electrons. The molecule has 6 nitrogen and oxygen atoms in total. The van der Waals surface area contributed by atoms with Crippen LogP contribution in [-0.2, 0) is 0 Å². The molecule has 0 aliphatic rings. The van der Waals surface area contributed by atoms with Gasteiger partial charge in [-0.3, -0.25) is 0 Å². The topological polar surface area (TPSA) is 37.4 Å². The predicted octanol–water partition coefficient (Wildman–Crippen LogP) is 20.2. The highest BCUT2D eigenvalue weighted by Crippen LogP contribution is 2.38. The molecule has 0 aliphatic heterocycles. The van der Waals surface area contributed by atoms with Crippen LogP contribution >= 0.6 is 0 Å². The normalized spacial score (nSPS) is 10.2. The molecule has 81 heavy (non-hydrogen) atoms. The lowest BCUT2D eigenvalue weighted by atomic mass is 10.1. The summed E-state index contributed by atoms with van der Waals surface area (Å²) in [5, 5.41) is 0. The van der Waals surface area contributed by atoms with Crippen LogP contribution in [0.25, 0.3) is 0 Å². The first-order valence-corrected chi connectivity index (χ1v) is 28.3. The van der Waals surface area contributed by atoms with Gasteiger partial charge in [-0.1, -0.05) is 122 Å². The number of terminal acetylenes is 3. The Balaban J connectivity index is 0.000000175. The van der Waals surface area contributed by atoms with E-state index in [-0.39, 0.29) is 0 Å². The van der Waals surface area contributed by atoms with Gasteiger partial charge in [-0.25, -0.2) is 0 Å². The monoisotopic (exact) mass is 1070 g/mol. The van der Waals surface area contributed by atoms with Gasteiger partial charge in [0.15, 0.2) is 0 Å². The maximum atomic E-state index is 5.90. The highest BCUT2D eigenvalue weighted by Gasteiger charge is 2.15. The number of benzene rings is 9. The van der Waals surface area contributed by atoms with Gasteiger partial charge in [-0.15, -0.1) is 37.0 Å². The summed E-state index contributed by atoms with van der Waals surface area (Å²) < 4.78 is 17.6. The van der Waals surface area contributed by atoms with Crippen molar-refractivity contribution >= 4 is 51.2 Å². The Morgan fingerprint density at radius 1 is 0.222 bits per heavy atom. The van der Waals surface area contributed by atoms with Crippen molar-refractivity contribution in [2.75, 3.05) is 34.5 Å². The SMILES string of the molecule is C#CCCCCCCOc1ccc(N(c2ccccc2)c2ccccc2)cc1.C#CCCCCCOc1ccc(N(c2ccccc2)c2ccccc2)cc1.C#CCCCCOc1ccc(N(c2ccccc2)c2ccccc2)cc1. The molecule has 0 spiro atoms. The first kappa shape index (κ1) is 59.1. The summed E-state index contributed by atoms with van der Waals surface area (Å²) in [7, 11) is 0. The second kappa shape index (κ2) is 35.1. The lowest BCUT2D eigenvalue weighted by Crippen LogP contribution is -2.09. The van der Waals surface area contributed by atoms with Crippen LogP contribution in [0, 0.1) is 37.0 Å². The van der Waals surface area contributed by atoms with Crippen LogP contribution in [0.15, 0.2) is 255 Å². The number of hydrogen-bond donors (Lipinski definition) is 0. The molecule has 0 heterocycles. The van der Waals surface area contributed by atoms with E-state index in [1.54, 1.807) is 0 Å². The summed E-state index contributed by atoms with van der Waals surface area (Å²) in [6.07, 6.45) is 28.1. The Morgan fingerprint density at radius 2 is 0.407 bits per heavy atom. The van der Waals surface area contributed by atoms with Crippen molar-refractivity contribution in [1.29, 1.82) is 0 Å². The zero-order valence-corrected chi connectivity index (χ0v) is 46.7. The van der Waals surface area contributed by atoms with Crippen LogP contribution in [-0.4, -0.2) is 19.8 Å². The third kappa shape index (κ3) is 20.0. The molecule has 0 saturated carbocycles. The number of unbranched alkanes of at least 4 members (excludes halogenated alkanes) is 9. The summed E-state index contributed by atoms with van der Waals surface area (Å²) in [6, 6.07) is 87.2. The van der Waals surface area contributed by atoms with E-state index in [1.165, 1.54) is 6.42 Å². The summed E-state index contributed by atoms with van der Waals surface area (Å²) in [5.41, 5.74) is 10.1. The predicted molar refractivity (Wildman–Crippen MR) is 342 cm³/mol. The van der Waals surface area contributed by atoms with Crippen LogP contribution in [0.4, 0.5) is 51.2 Å². The van der Waals surface area contributed by atoms with E-state index in [1.807, 2.05) is 72.8 Å². The maximum absolute atomic E-state index is 5.90. The average molecular weight is 1070 g/mol. The van der Waals surface area contributed by atoms with Crippen molar-refractivity contribution in [3.05, 3.63) is 255 Å². The Labute approximate surface area is 483 Å². The van der Waals surface area contributed by atoms with Gasteiger partial charge in [0.1, 0.15) is 17.2 Å². The lowest BCUT2D eigenvalue weighted by molar-refractivity contribution is 0.305. The molecule has 0 saturated heterocycles. The van der Waals surface area contributed by atoms with Gasteiger partial charge < -0.3 is 28.9 Å². The van der Waals surface area contributed by atoms with Gasteiger partial charge in [0.2, 0.25) is 0 Å². The number of rotatable bonds is 27. The van der Waals surface area contributed by atoms with Gasteiger partial charge in [-0.2, -0.15) is 0 Å². The van der Waals surface area contributed by atoms with Crippen molar-refractivity contribution in [3.63, 3.8) is 0 Å². The molecule has 6 heteroatoms. The van der Waals surface area contributed by atoms with E-state index in [4.69, 9.17) is 33.5 Å². The summed E-state index contributed by atoms with van der Waals surface area (Å²) in [6.45, 7) is 2.17. The molecule has 9 rings (SSSR count). The van der Waals surface area contributed by atoms with Crippen molar-refractivity contribution in [3.8, 4) is 54.3 Å². The molecule has 0 aliphatic carbocycles. The van der Waals surface area contributed by atoms with Crippen molar-refractivity contribution in [1.82, 2.24) is 0 Å². The van der Waals surface area contributed by atoms with Gasteiger partial charge in [0.05, 0.1) is 19.8 Å². The van der Waals surface area contributed by atoms with Crippen molar-refractivity contribution < 1.29 is 14.2 Å². The van der Waals surface area contributed by atoms with E-state index in [0.717, 1.165) is 152 Å². The highest BCUT2D eigenvalue weighted by molar-refractivity contribution is 5.79. The Morgan fingerprint density at radius 3 is 0.642 bits per heavy atom. The van der Waals surface area contributed by atoms with E-state index >= 15 is 0 Å². The fraction of sp³-hybridized carbons (Fsp3) is 0.200. The number of para-hydroxylation sites is 6. The van der Waals surface area contributed by atoms with Crippen LogP contribution in [0.1, 0.15) is 77.0 Å². The van der Waals surface area contributed by atoms with Crippen LogP contribution in [0.5, 0.6) is 17.2 Å². The summed E-state index contributed by atoms with van der Waals surface area (Å²) in [4.78, 5) is 6.72. The fourth-order valence-electron chi connectivity index (χ4n) is 8.97. The standard InChI is InChI=1S/C26H27NO.C25H25NO.C24H23NO/c1-2-3-4-5-6-13-22-28-26-20-18-25(19-21-26)27(23-14-9-7-10-15-23)24-16-11-8-12-17-24;1-2-3-4-5-12-21-27-25-19-17-24(18-20-25)26(22-13-8-6-9-14-22)23-15-10-7-11-16-23;1-2-3-4-11-20-26-24-18-16-23(17-19-24)25(21-12-7-5-8-13-21)22-14-9-6-10-15-22/h1,7-12,14-21H,3-6,13,22H2;1,6-11,13-20H,3-5,12,21H2;1,5-10,12-19H,3-4,11,20H2. The Hall–Kier alpha value is -9.54. The van der Waals surface area contributed by atoms with Crippen LogP contribution in [0.2, 0.25) is 0 Å². The van der Waals surface area contributed by atoms with Gasteiger partial charge >= 0.3 is 0 Å². The minimum absolute atomic E-state index is 0.697. The summed E-state index contributed by atoms with van der Waals surface area (Å²) >= 11 is 0. The van der Waals surface area contributed by atoms with Gasteiger partial charge in [0, 0.05) is 70.4 Å². The molecule has 408 valence electrons. The first-order valence-electron chi connectivity index (χ1n) is 28.3. The third-order valence-electron chi connectivity index (χ3n) is 13.1. The molecule has 0 aromatic heterocycles. The fourth-order valence-corrected chi connectivity index (χ4v) is 8.97. The average Bonchev–Trinajstić information content (AvgIpc) is 3.53. The van der Waals surface area contributed by atoms with Crippen LogP contribution in [0.3, 0.4) is 0 Å². The Bertz CT molecular complexity index is 3090. The van der Waals surface area contributed by atoms with E-state index < -0.39 is 0 Å². The molecule has 9 aromatic carbocycles. The molecule has 0 N–H and O–H groups in total. The highest BCUT2D eigenvalue weighted by atomic mass is 16.5. The minimum Gasteiger partial charge on any atom is -0.494 e. The van der Waals surface area contributed by atoms with Crippen molar-refractivity contribution in [2.24, 2.45) is 0 Å². The summed E-state index contributed by atoms with van der Waals surface area (Å²) in [5.74, 6) is 10.7. The van der Waals surface area contributed by atoms with Crippen molar-refractivity contribution in [2.45, 2.75) is 77.0 Å². The molecule has 0 fully saturated rings. The number of ether oxygens (including phenoxy) is 3. The largest absolute Gasteiger partial charge is 0.494 e. The van der Waals surface area contributed by atoms with E-state index in [0.29, 0.717) is 6.61 Å². The number of nitrogens with zero attached hydrogens (tertiary/aromatic N) is 3. The third-order valence-corrected chi connectivity index (χ3v) is 13.1. The zero-order valence-electron chi connectivity index (χ0n) is 46.7. The molecule has 9 aromatic rings. The number of anilines is 9. The first-order chi connectivity index (χ1) is 40.1. The molecular weight excluding hydrogens is 991 g/mol. The molecule has 0 bridgehead atoms. The quantitative estimate of drug-likeness (QED) is 0.0377. The second-order valence-electron chi connectivity index (χ2n) is 19.1. The van der Waals surface area contributed by atoms with Gasteiger partial charge in [0.25, 0.3) is 0 Å². The molecule has 0 atom stereocenters. The van der Waals surface area contributed by atoms with E-state index in [2.05, 4.69) is 214 Å². The lowest BCUT2D eigenvalue weighted by Gasteiger charge is -2.25. The molecule has 0 amide bonds. The number of hydrogen-bond acceptors (Lipinski definition) is 6.